The van der Waals surface area contributed by atoms with Gasteiger partial charge in [-0.3, -0.25) is 4.79 Å². The van der Waals surface area contributed by atoms with Crippen LogP contribution < -0.4 is 5.43 Å². The van der Waals surface area contributed by atoms with Crippen LogP contribution in [-0.2, 0) is 11.2 Å². The molecule has 5 heteroatoms. The minimum atomic E-state index is -0.152. The minimum Gasteiger partial charge on any atom is -0.273 e. The van der Waals surface area contributed by atoms with E-state index in [1.165, 1.54) is 16.9 Å². The van der Waals surface area contributed by atoms with Gasteiger partial charge in [0.25, 0.3) is 0 Å². The van der Waals surface area contributed by atoms with Crippen LogP contribution in [0.25, 0.3) is 0 Å². The summed E-state index contributed by atoms with van der Waals surface area (Å²) in [6.45, 7) is 5.98. The zero-order valence-corrected chi connectivity index (χ0v) is 12.6. The van der Waals surface area contributed by atoms with E-state index in [-0.39, 0.29) is 12.3 Å². The Bertz CT molecular complexity index is 646. The highest BCUT2D eigenvalue weighted by atomic mass is 32.1. The molecule has 1 aromatic carbocycles. The van der Waals surface area contributed by atoms with E-state index < -0.39 is 0 Å². The van der Waals surface area contributed by atoms with Crippen LogP contribution in [-0.4, -0.2) is 17.1 Å². The number of nitrogens with one attached hydrogen (secondary N) is 1. The van der Waals surface area contributed by atoms with Gasteiger partial charge in [0.1, 0.15) is 5.01 Å². The van der Waals surface area contributed by atoms with E-state index in [1.807, 2.05) is 38.3 Å². The van der Waals surface area contributed by atoms with Crippen molar-refractivity contribution in [3.05, 3.63) is 51.0 Å². The van der Waals surface area contributed by atoms with Crippen LogP contribution in [0.15, 0.2) is 28.7 Å². The summed E-state index contributed by atoms with van der Waals surface area (Å²) in [4.78, 5) is 15.9. The number of rotatable bonds is 4. The molecule has 104 valence electrons. The van der Waals surface area contributed by atoms with Crippen LogP contribution >= 0.6 is 11.3 Å². The van der Waals surface area contributed by atoms with Gasteiger partial charge >= 0.3 is 0 Å². The monoisotopic (exact) mass is 287 g/mol. The fourth-order valence-corrected chi connectivity index (χ4v) is 2.58. The zero-order valence-electron chi connectivity index (χ0n) is 11.8. The summed E-state index contributed by atoms with van der Waals surface area (Å²) in [6, 6.07) is 6.10. The summed E-state index contributed by atoms with van der Waals surface area (Å²) in [5.41, 5.74) is 6.82. The number of aromatic nitrogens is 1. The highest BCUT2D eigenvalue weighted by molar-refractivity contribution is 7.09. The second kappa shape index (κ2) is 6.43. The van der Waals surface area contributed by atoms with Crippen molar-refractivity contribution in [1.29, 1.82) is 0 Å². The van der Waals surface area contributed by atoms with Gasteiger partial charge in [-0.15, -0.1) is 11.3 Å². The average molecular weight is 287 g/mol. The third-order valence-electron chi connectivity index (χ3n) is 2.80. The Labute approximate surface area is 122 Å². The molecule has 2 aromatic rings. The number of nitrogens with zero attached hydrogens (tertiary/aromatic N) is 2. The van der Waals surface area contributed by atoms with Crippen molar-refractivity contribution in [2.75, 3.05) is 0 Å². The third kappa shape index (κ3) is 3.99. The molecule has 0 atom stereocenters. The van der Waals surface area contributed by atoms with Crippen molar-refractivity contribution in [2.24, 2.45) is 5.10 Å². The largest absolute Gasteiger partial charge is 0.273 e. The van der Waals surface area contributed by atoms with Gasteiger partial charge in [0, 0.05) is 11.1 Å². The molecule has 1 heterocycles. The maximum Gasteiger partial charge on any atom is 0.246 e. The molecule has 0 saturated carbocycles. The number of hydrogen-bond acceptors (Lipinski definition) is 4. The number of benzene rings is 1. The molecule has 0 unspecified atom stereocenters. The van der Waals surface area contributed by atoms with E-state index in [1.54, 1.807) is 6.21 Å². The van der Waals surface area contributed by atoms with Crippen molar-refractivity contribution in [3.8, 4) is 0 Å². The molecule has 0 aliphatic rings. The van der Waals surface area contributed by atoms with Crippen LogP contribution in [0.2, 0.25) is 0 Å². The maximum absolute atomic E-state index is 11.7. The Morgan fingerprint density at radius 2 is 2.20 bits per heavy atom. The molecule has 4 nitrogen and oxygen atoms in total. The van der Waals surface area contributed by atoms with Crippen LogP contribution in [0.3, 0.4) is 0 Å². The first kappa shape index (κ1) is 14.4. The number of hydrazone groups is 1. The first-order valence-corrected chi connectivity index (χ1v) is 7.23. The molecular weight excluding hydrogens is 270 g/mol. The van der Waals surface area contributed by atoms with Crippen molar-refractivity contribution in [1.82, 2.24) is 10.4 Å². The van der Waals surface area contributed by atoms with Crippen LogP contribution in [0.4, 0.5) is 0 Å². The maximum atomic E-state index is 11.7. The quantitative estimate of drug-likeness (QED) is 0.694. The van der Waals surface area contributed by atoms with Crippen molar-refractivity contribution in [3.63, 3.8) is 0 Å². The van der Waals surface area contributed by atoms with Crippen LogP contribution in [0.5, 0.6) is 0 Å². The SMILES string of the molecule is Cc1ccc(/C=N\NC(=O)Cc2nc(C)cs2)c(C)c1. The molecule has 0 bridgehead atoms. The fourth-order valence-electron chi connectivity index (χ4n) is 1.81. The van der Waals surface area contributed by atoms with E-state index in [2.05, 4.69) is 21.6 Å². The molecule has 0 radical (unpaired) electrons. The normalized spacial score (nSPS) is 10.9. The van der Waals surface area contributed by atoms with E-state index in [4.69, 9.17) is 0 Å². The number of aryl methyl sites for hydroxylation is 3. The topological polar surface area (TPSA) is 54.4 Å². The summed E-state index contributed by atoms with van der Waals surface area (Å²) in [5.74, 6) is -0.152. The van der Waals surface area contributed by atoms with Gasteiger partial charge in [0.15, 0.2) is 0 Å². The first-order valence-electron chi connectivity index (χ1n) is 6.35. The molecule has 1 amide bonds. The number of carbonyl (C=O) groups excluding carboxylic acids is 1. The molecule has 1 aromatic heterocycles. The standard InChI is InChI=1S/C15H17N3OS/c1-10-4-5-13(11(2)6-10)8-16-18-14(19)7-15-17-12(3)9-20-15/h4-6,8-9H,7H2,1-3H3,(H,18,19)/b16-8-. The lowest BCUT2D eigenvalue weighted by molar-refractivity contribution is -0.120. The number of amides is 1. The summed E-state index contributed by atoms with van der Waals surface area (Å²) in [6.07, 6.45) is 1.93. The Kier molecular flexibility index (Phi) is 4.63. The summed E-state index contributed by atoms with van der Waals surface area (Å²) >= 11 is 1.49. The van der Waals surface area contributed by atoms with Gasteiger partial charge in [-0.05, 0) is 31.9 Å². The zero-order chi connectivity index (χ0) is 14.5. The minimum absolute atomic E-state index is 0.152. The third-order valence-corrected chi connectivity index (χ3v) is 3.76. The molecular formula is C15H17N3OS. The molecule has 0 fully saturated rings. The Morgan fingerprint density at radius 3 is 2.85 bits per heavy atom. The Morgan fingerprint density at radius 1 is 1.40 bits per heavy atom. The van der Waals surface area contributed by atoms with Crippen molar-refractivity contribution < 1.29 is 4.79 Å². The second-order valence-electron chi connectivity index (χ2n) is 4.71. The molecule has 0 aliphatic heterocycles. The lowest BCUT2D eigenvalue weighted by Crippen LogP contribution is -2.19. The highest BCUT2D eigenvalue weighted by Gasteiger charge is 2.05. The van der Waals surface area contributed by atoms with Gasteiger partial charge in [0.05, 0.1) is 12.6 Å². The van der Waals surface area contributed by atoms with Gasteiger partial charge in [-0.25, -0.2) is 10.4 Å². The second-order valence-corrected chi connectivity index (χ2v) is 5.66. The van der Waals surface area contributed by atoms with Gasteiger partial charge in [-0.2, -0.15) is 5.10 Å². The predicted molar refractivity (Wildman–Crippen MR) is 82.2 cm³/mol. The molecule has 0 spiro atoms. The fraction of sp³-hybridized carbons (Fsp3) is 0.267. The van der Waals surface area contributed by atoms with Gasteiger partial charge in [-0.1, -0.05) is 23.8 Å². The van der Waals surface area contributed by atoms with Crippen molar-refractivity contribution >= 4 is 23.5 Å². The van der Waals surface area contributed by atoms with E-state index in [0.717, 1.165) is 21.8 Å². The highest BCUT2D eigenvalue weighted by Crippen LogP contribution is 2.09. The summed E-state index contributed by atoms with van der Waals surface area (Å²) in [5, 5.41) is 6.73. The molecule has 20 heavy (non-hydrogen) atoms. The smallest absolute Gasteiger partial charge is 0.246 e. The van der Waals surface area contributed by atoms with E-state index in [9.17, 15) is 4.79 Å². The lowest BCUT2D eigenvalue weighted by atomic mass is 10.1. The molecule has 2 rings (SSSR count). The average Bonchev–Trinajstić information content (AvgIpc) is 2.77. The summed E-state index contributed by atoms with van der Waals surface area (Å²) in [7, 11) is 0. The number of carbonyl (C=O) groups is 1. The molecule has 0 saturated heterocycles. The molecule has 0 aliphatic carbocycles. The van der Waals surface area contributed by atoms with Gasteiger partial charge in [0.2, 0.25) is 5.91 Å². The number of thiazole rings is 1. The predicted octanol–water partition coefficient (Wildman–Crippen LogP) is 2.76. The Balaban J connectivity index is 1.91. The lowest BCUT2D eigenvalue weighted by Gasteiger charge is -2.01. The first-order chi connectivity index (χ1) is 9.54. The summed E-state index contributed by atoms with van der Waals surface area (Å²) < 4.78 is 0. The van der Waals surface area contributed by atoms with Crippen LogP contribution in [0.1, 0.15) is 27.4 Å². The number of hydrogen-bond donors (Lipinski definition) is 1. The molecule has 1 N–H and O–H groups in total. The van der Waals surface area contributed by atoms with Crippen molar-refractivity contribution in [2.45, 2.75) is 27.2 Å². The van der Waals surface area contributed by atoms with E-state index in [0.29, 0.717) is 0 Å². The van der Waals surface area contributed by atoms with Gasteiger partial charge < -0.3 is 0 Å². The van der Waals surface area contributed by atoms with Crippen LogP contribution in [0, 0.1) is 20.8 Å². The van der Waals surface area contributed by atoms with E-state index >= 15 is 0 Å². The Hall–Kier alpha value is -2.01.